The van der Waals surface area contributed by atoms with Gasteiger partial charge in [-0.05, 0) is 66.6 Å². The molecule has 1 aliphatic carbocycles. The number of hydrogen-bond acceptors (Lipinski definition) is 4. The lowest BCUT2D eigenvalue weighted by Crippen LogP contribution is -2.39. The van der Waals surface area contributed by atoms with Crippen molar-refractivity contribution < 1.29 is 19.1 Å². The van der Waals surface area contributed by atoms with E-state index in [1.165, 1.54) is 19.3 Å². The largest absolute Gasteiger partial charge is 0.383 e. The number of likely N-dealkylation sites (tertiary alicyclic amines) is 1. The molecule has 1 heterocycles. The first-order chi connectivity index (χ1) is 18.4. The third-order valence-corrected chi connectivity index (χ3v) is 8.52. The minimum Gasteiger partial charge on any atom is -0.383 e. The van der Waals surface area contributed by atoms with Crippen LogP contribution in [0.25, 0.3) is 11.1 Å². The van der Waals surface area contributed by atoms with E-state index in [0.29, 0.717) is 54.4 Å². The number of halogens is 2. The Morgan fingerprint density at radius 2 is 1.53 bits per heavy atom. The third-order valence-electron chi connectivity index (χ3n) is 7.84. The van der Waals surface area contributed by atoms with Crippen molar-refractivity contribution in [3.05, 3.63) is 57.6 Å². The van der Waals surface area contributed by atoms with Crippen molar-refractivity contribution in [2.75, 3.05) is 47.1 Å². The Morgan fingerprint density at radius 3 is 2.11 bits per heavy atom. The Kier molecular flexibility index (Phi) is 10.5. The second-order valence-corrected chi connectivity index (χ2v) is 11.1. The summed E-state index contributed by atoms with van der Waals surface area (Å²) < 4.78 is 10.3. The Bertz CT molecular complexity index is 1070. The van der Waals surface area contributed by atoms with Crippen molar-refractivity contribution in [1.29, 1.82) is 0 Å². The van der Waals surface area contributed by atoms with E-state index in [4.69, 9.17) is 32.7 Å². The fraction of sp³-hybridized carbons (Fsp3) is 0.533. The zero-order valence-corrected chi connectivity index (χ0v) is 23.9. The Balaban J connectivity index is 1.44. The van der Waals surface area contributed by atoms with E-state index in [0.717, 1.165) is 42.5 Å². The highest BCUT2D eigenvalue weighted by Crippen LogP contribution is 2.36. The smallest absolute Gasteiger partial charge is 0.254 e. The van der Waals surface area contributed by atoms with Crippen molar-refractivity contribution in [2.24, 2.45) is 5.92 Å². The Labute approximate surface area is 236 Å². The van der Waals surface area contributed by atoms with Crippen LogP contribution in [0.3, 0.4) is 0 Å². The zero-order chi connectivity index (χ0) is 27.1. The highest BCUT2D eigenvalue weighted by molar-refractivity contribution is 6.36. The van der Waals surface area contributed by atoms with Crippen molar-refractivity contribution in [3.63, 3.8) is 0 Å². The first kappa shape index (κ1) is 28.9. The molecule has 1 saturated carbocycles. The van der Waals surface area contributed by atoms with Gasteiger partial charge in [-0.2, -0.15) is 0 Å². The predicted molar refractivity (Wildman–Crippen MR) is 152 cm³/mol. The molecule has 2 aromatic rings. The van der Waals surface area contributed by atoms with E-state index >= 15 is 0 Å². The number of ether oxygens (including phenoxy) is 2. The van der Waals surface area contributed by atoms with Gasteiger partial charge in [-0.3, -0.25) is 9.59 Å². The fourth-order valence-electron chi connectivity index (χ4n) is 5.62. The summed E-state index contributed by atoms with van der Waals surface area (Å²) in [4.78, 5) is 30.0. The van der Waals surface area contributed by atoms with Crippen LogP contribution >= 0.6 is 23.2 Å². The molecule has 2 aromatic carbocycles. The van der Waals surface area contributed by atoms with Gasteiger partial charge >= 0.3 is 0 Å². The molecule has 8 heteroatoms. The maximum atomic E-state index is 13.2. The molecule has 4 rings (SSSR count). The number of nitrogens with zero attached hydrogens (tertiary/aromatic N) is 2. The number of carbonyl (C=O) groups is 2. The average Bonchev–Trinajstić information content (AvgIpc) is 3.30. The average molecular weight is 562 g/mol. The van der Waals surface area contributed by atoms with Gasteiger partial charge in [0.1, 0.15) is 0 Å². The first-order valence-corrected chi connectivity index (χ1v) is 14.3. The van der Waals surface area contributed by atoms with Gasteiger partial charge in [-0.1, -0.05) is 54.6 Å². The second kappa shape index (κ2) is 13.8. The van der Waals surface area contributed by atoms with Gasteiger partial charge in [0.05, 0.1) is 13.2 Å². The molecule has 0 radical (unpaired) electrons. The fourth-order valence-corrected chi connectivity index (χ4v) is 6.27. The number of amides is 2. The van der Waals surface area contributed by atoms with E-state index in [9.17, 15) is 9.59 Å². The summed E-state index contributed by atoms with van der Waals surface area (Å²) in [6.07, 6.45) is 7.37. The quantitative estimate of drug-likeness (QED) is 0.332. The molecule has 1 unspecified atom stereocenters. The summed E-state index contributed by atoms with van der Waals surface area (Å²) in [5, 5.41) is 1.14. The second-order valence-electron chi connectivity index (χ2n) is 10.3. The summed E-state index contributed by atoms with van der Waals surface area (Å²) in [5.74, 6) is 0.112. The predicted octanol–water partition coefficient (Wildman–Crippen LogP) is 6.12. The van der Waals surface area contributed by atoms with Crippen molar-refractivity contribution in [2.45, 2.75) is 51.0 Å². The van der Waals surface area contributed by atoms with E-state index in [1.807, 2.05) is 36.4 Å². The molecule has 2 amide bonds. The van der Waals surface area contributed by atoms with Crippen molar-refractivity contribution >= 4 is 35.0 Å². The SMILES string of the molecule is COCCN(CCOC)C(=O)c1ccc(-c2cc(Cl)c(CC3CCN(C4CCCCC4)C3=O)c(Cl)c2)cc1. The third kappa shape index (κ3) is 6.90. The van der Waals surface area contributed by atoms with Crippen LogP contribution in [0.15, 0.2) is 36.4 Å². The van der Waals surface area contributed by atoms with E-state index in [-0.39, 0.29) is 17.7 Å². The van der Waals surface area contributed by atoms with Gasteiger partial charge in [0.15, 0.2) is 0 Å². The lowest BCUT2D eigenvalue weighted by molar-refractivity contribution is -0.133. The van der Waals surface area contributed by atoms with Crippen molar-refractivity contribution in [1.82, 2.24) is 9.80 Å². The monoisotopic (exact) mass is 560 g/mol. The van der Waals surface area contributed by atoms with E-state index in [2.05, 4.69) is 4.90 Å². The van der Waals surface area contributed by atoms with Gasteiger partial charge in [-0.15, -0.1) is 0 Å². The maximum absolute atomic E-state index is 13.2. The lowest BCUT2D eigenvalue weighted by atomic mass is 9.93. The van der Waals surface area contributed by atoms with Crippen LogP contribution in [-0.2, 0) is 20.7 Å². The van der Waals surface area contributed by atoms with Crippen molar-refractivity contribution in [3.8, 4) is 11.1 Å². The maximum Gasteiger partial charge on any atom is 0.254 e. The molecular weight excluding hydrogens is 523 g/mol. The molecule has 1 aliphatic heterocycles. The van der Waals surface area contributed by atoms with Gasteiger partial charge in [0, 0.05) is 61.4 Å². The molecule has 0 N–H and O–H groups in total. The highest BCUT2D eigenvalue weighted by atomic mass is 35.5. The number of rotatable bonds is 11. The summed E-state index contributed by atoms with van der Waals surface area (Å²) in [6, 6.07) is 11.7. The van der Waals surface area contributed by atoms with E-state index in [1.54, 1.807) is 19.1 Å². The summed E-state index contributed by atoms with van der Waals surface area (Å²) in [5.41, 5.74) is 3.22. The molecule has 2 aliphatic rings. The Morgan fingerprint density at radius 1 is 0.921 bits per heavy atom. The van der Waals surface area contributed by atoms with Crippen LogP contribution in [0.1, 0.15) is 54.4 Å². The Hall–Kier alpha value is -2.12. The molecule has 6 nitrogen and oxygen atoms in total. The molecule has 0 aromatic heterocycles. The molecule has 1 saturated heterocycles. The van der Waals surface area contributed by atoms with Crippen LogP contribution in [0.5, 0.6) is 0 Å². The number of benzene rings is 2. The standard InChI is InChI=1S/C30H38Cl2N2O4/c1-37-16-14-33(15-17-38-2)29(35)22-10-8-21(9-11-22)24-19-27(31)26(28(32)20-24)18-23-12-13-34(30(23)36)25-6-4-3-5-7-25/h8-11,19-20,23,25H,3-7,12-18H2,1-2H3. The number of hydrogen-bond donors (Lipinski definition) is 0. The molecule has 206 valence electrons. The molecule has 38 heavy (non-hydrogen) atoms. The van der Waals surface area contributed by atoms with E-state index < -0.39 is 0 Å². The van der Waals surface area contributed by atoms with Crippen LogP contribution in [0.2, 0.25) is 10.0 Å². The van der Waals surface area contributed by atoms with Crippen LogP contribution in [0.4, 0.5) is 0 Å². The van der Waals surface area contributed by atoms with Crippen LogP contribution in [-0.4, -0.2) is 74.7 Å². The highest BCUT2D eigenvalue weighted by Gasteiger charge is 2.36. The minimum atomic E-state index is -0.0689. The summed E-state index contributed by atoms with van der Waals surface area (Å²) in [6.45, 7) is 2.74. The number of carbonyl (C=O) groups excluding carboxylic acids is 2. The molecule has 0 spiro atoms. The van der Waals surface area contributed by atoms with Crippen LogP contribution in [0, 0.1) is 5.92 Å². The van der Waals surface area contributed by atoms with Gasteiger partial charge < -0.3 is 19.3 Å². The molecule has 2 fully saturated rings. The summed E-state index contributed by atoms with van der Waals surface area (Å²) >= 11 is 13.4. The van der Waals surface area contributed by atoms with Gasteiger partial charge in [-0.25, -0.2) is 0 Å². The lowest BCUT2D eigenvalue weighted by Gasteiger charge is -2.31. The molecule has 1 atom stereocenters. The first-order valence-electron chi connectivity index (χ1n) is 13.6. The molecular formula is C30H38Cl2N2O4. The topological polar surface area (TPSA) is 59.1 Å². The number of methoxy groups -OCH3 is 2. The zero-order valence-electron chi connectivity index (χ0n) is 22.4. The van der Waals surface area contributed by atoms with Crippen LogP contribution < -0.4 is 0 Å². The van der Waals surface area contributed by atoms with Gasteiger partial charge in [0.25, 0.3) is 5.91 Å². The summed E-state index contributed by atoms with van der Waals surface area (Å²) in [7, 11) is 3.24. The normalized spacial score (nSPS) is 18.3. The minimum absolute atomic E-state index is 0.0674. The van der Waals surface area contributed by atoms with Gasteiger partial charge in [0.2, 0.25) is 5.91 Å². The molecule has 0 bridgehead atoms.